The van der Waals surface area contributed by atoms with Crippen LogP contribution in [-0.4, -0.2) is 5.91 Å². The third-order valence-corrected chi connectivity index (χ3v) is 5.63. The zero-order valence-electron chi connectivity index (χ0n) is 11.7. The van der Waals surface area contributed by atoms with Crippen molar-refractivity contribution >= 4 is 48.9 Å². The van der Waals surface area contributed by atoms with Gasteiger partial charge in [-0.05, 0) is 43.2 Å². The van der Waals surface area contributed by atoms with Gasteiger partial charge in [0.25, 0.3) is 5.91 Å². The predicted molar refractivity (Wildman–Crippen MR) is 93.4 cm³/mol. The van der Waals surface area contributed by atoms with Crippen molar-refractivity contribution in [1.29, 1.82) is 0 Å². The second-order valence-corrected chi connectivity index (χ2v) is 6.73. The van der Waals surface area contributed by atoms with Gasteiger partial charge in [0, 0.05) is 25.6 Å². The maximum absolute atomic E-state index is 12.5. The fourth-order valence-corrected chi connectivity index (χ4v) is 3.54. The fraction of sp³-hybridized carbons (Fsp3) is 0.118. The van der Waals surface area contributed by atoms with E-state index < -0.39 is 0 Å². The number of benzene rings is 2. The maximum Gasteiger partial charge on any atom is 0.257 e. The molecule has 0 bridgehead atoms. The van der Waals surface area contributed by atoms with Gasteiger partial charge in [-0.1, -0.05) is 34.1 Å². The Hall–Kier alpha value is -1.65. The molecule has 0 aliphatic rings. The van der Waals surface area contributed by atoms with Crippen LogP contribution in [0.4, 0.5) is 5.69 Å². The molecule has 0 spiro atoms. The first-order valence-electron chi connectivity index (χ1n) is 6.60. The zero-order chi connectivity index (χ0) is 15.0. The van der Waals surface area contributed by atoms with Crippen LogP contribution in [0, 0.1) is 13.8 Å². The Morgan fingerprint density at radius 3 is 2.52 bits per heavy atom. The van der Waals surface area contributed by atoms with Gasteiger partial charge >= 0.3 is 0 Å². The minimum atomic E-state index is -0.0615. The molecule has 106 valence electrons. The molecule has 1 aromatic heterocycles. The first-order chi connectivity index (χ1) is 10.1. The highest BCUT2D eigenvalue weighted by Gasteiger charge is 2.13. The topological polar surface area (TPSA) is 29.1 Å². The van der Waals surface area contributed by atoms with Crippen molar-refractivity contribution in [3.63, 3.8) is 0 Å². The smallest absolute Gasteiger partial charge is 0.257 e. The van der Waals surface area contributed by atoms with Crippen molar-refractivity contribution in [3.8, 4) is 0 Å². The molecule has 3 rings (SSSR count). The lowest BCUT2D eigenvalue weighted by Gasteiger charge is -2.09. The molecule has 2 nitrogen and oxygen atoms in total. The van der Waals surface area contributed by atoms with E-state index in [9.17, 15) is 4.79 Å². The van der Waals surface area contributed by atoms with Crippen LogP contribution in [0.15, 0.2) is 46.3 Å². The number of fused-ring (bicyclic) bond motifs is 1. The fourth-order valence-electron chi connectivity index (χ4n) is 2.37. The number of carbonyl (C=O) groups excluding carboxylic acids is 1. The third kappa shape index (κ3) is 2.74. The molecule has 0 aliphatic heterocycles. The summed E-state index contributed by atoms with van der Waals surface area (Å²) < 4.78 is 2.22. The number of carbonyl (C=O) groups is 1. The van der Waals surface area contributed by atoms with Gasteiger partial charge in [0.05, 0.1) is 5.56 Å². The van der Waals surface area contributed by atoms with Crippen LogP contribution in [0.5, 0.6) is 0 Å². The summed E-state index contributed by atoms with van der Waals surface area (Å²) in [6.07, 6.45) is 0. The Morgan fingerprint density at radius 2 is 1.81 bits per heavy atom. The van der Waals surface area contributed by atoms with Crippen molar-refractivity contribution < 1.29 is 4.79 Å². The van der Waals surface area contributed by atoms with Gasteiger partial charge in [-0.3, -0.25) is 4.79 Å². The number of hydrogen-bond donors (Lipinski definition) is 1. The normalized spacial score (nSPS) is 10.8. The number of thiophene rings is 1. The summed E-state index contributed by atoms with van der Waals surface area (Å²) in [6, 6.07) is 11.9. The highest BCUT2D eigenvalue weighted by molar-refractivity contribution is 9.10. The number of hydrogen-bond acceptors (Lipinski definition) is 2. The van der Waals surface area contributed by atoms with Crippen LogP contribution in [0.25, 0.3) is 10.1 Å². The summed E-state index contributed by atoms with van der Waals surface area (Å²) >= 11 is 5.13. The van der Waals surface area contributed by atoms with E-state index in [1.807, 2.05) is 55.6 Å². The van der Waals surface area contributed by atoms with Gasteiger partial charge in [-0.15, -0.1) is 11.3 Å². The van der Waals surface area contributed by atoms with E-state index in [2.05, 4.69) is 21.2 Å². The molecule has 3 aromatic rings. The molecule has 0 radical (unpaired) electrons. The van der Waals surface area contributed by atoms with Crippen molar-refractivity contribution in [2.45, 2.75) is 13.8 Å². The highest BCUT2D eigenvalue weighted by atomic mass is 79.9. The Kier molecular flexibility index (Phi) is 3.83. The van der Waals surface area contributed by atoms with Gasteiger partial charge in [0.2, 0.25) is 0 Å². The van der Waals surface area contributed by atoms with E-state index in [0.29, 0.717) is 0 Å². The summed E-state index contributed by atoms with van der Waals surface area (Å²) in [5.41, 5.74) is 3.78. The van der Waals surface area contributed by atoms with Crippen LogP contribution in [-0.2, 0) is 0 Å². The summed E-state index contributed by atoms with van der Waals surface area (Å²) in [5, 5.41) is 5.91. The maximum atomic E-state index is 12.5. The van der Waals surface area contributed by atoms with Crippen molar-refractivity contribution in [2.75, 3.05) is 5.32 Å². The minimum absolute atomic E-state index is 0.0615. The summed E-state index contributed by atoms with van der Waals surface area (Å²) in [7, 11) is 0. The molecule has 0 saturated carbocycles. The lowest BCUT2D eigenvalue weighted by atomic mass is 10.1. The van der Waals surface area contributed by atoms with Crippen LogP contribution in [0.3, 0.4) is 0 Å². The van der Waals surface area contributed by atoms with E-state index in [4.69, 9.17) is 0 Å². The summed E-state index contributed by atoms with van der Waals surface area (Å²) in [4.78, 5) is 12.5. The van der Waals surface area contributed by atoms with Gasteiger partial charge in [-0.25, -0.2) is 0 Å². The molecule has 21 heavy (non-hydrogen) atoms. The molecule has 0 atom stereocenters. The number of aryl methyl sites for hydroxylation is 2. The number of nitrogens with one attached hydrogen (secondary N) is 1. The second-order valence-electron chi connectivity index (χ2n) is 5.02. The molecule has 2 aromatic carbocycles. The number of rotatable bonds is 2. The average Bonchev–Trinajstić information content (AvgIpc) is 2.88. The zero-order valence-corrected chi connectivity index (χ0v) is 14.1. The minimum Gasteiger partial charge on any atom is -0.322 e. The quantitative estimate of drug-likeness (QED) is 0.639. The van der Waals surface area contributed by atoms with E-state index in [0.717, 1.165) is 36.9 Å². The van der Waals surface area contributed by atoms with Crippen LogP contribution >= 0.6 is 27.3 Å². The van der Waals surface area contributed by atoms with E-state index >= 15 is 0 Å². The SMILES string of the molecule is Cc1cc(NC(=O)c2csc3ccccc23)cc(C)c1Br. The van der Waals surface area contributed by atoms with E-state index in [1.165, 1.54) is 0 Å². The third-order valence-electron chi connectivity index (χ3n) is 3.42. The van der Waals surface area contributed by atoms with Gasteiger partial charge in [0.15, 0.2) is 0 Å². The number of anilines is 1. The van der Waals surface area contributed by atoms with Crippen LogP contribution < -0.4 is 5.32 Å². The Morgan fingerprint density at radius 1 is 1.14 bits per heavy atom. The number of halogens is 1. The molecule has 1 heterocycles. The highest BCUT2D eigenvalue weighted by Crippen LogP contribution is 2.28. The van der Waals surface area contributed by atoms with Crippen LogP contribution in [0.1, 0.15) is 21.5 Å². The standard InChI is InChI=1S/C17H14BrNOS/c1-10-7-12(8-11(2)16(10)18)19-17(20)14-9-21-15-6-4-3-5-13(14)15/h3-9H,1-2H3,(H,19,20). The van der Waals surface area contributed by atoms with Gasteiger partial charge in [0.1, 0.15) is 0 Å². The monoisotopic (exact) mass is 359 g/mol. The molecule has 0 fully saturated rings. The molecule has 1 N–H and O–H groups in total. The van der Waals surface area contributed by atoms with Crippen molar-refractivity contribution in [1.82, 2.24) is 0 Å². The van der Waals surface area contributed by atoms with Crippen LogP contribution in [0.2, 0.25) is 0 Å². The molecule has 1 amide bonds. The Bertz CT molecular complexity index is 815. The largest absolute Gasteiger partial charge is 0.322 e. The molecule has 4 heteroatoms. The van der Waals surface area contributed by atoms with Gasteiger partial charge in [-0.2, -0.15) is 0 Å². The molecule has 0 saturated heterocycles. The first kappa shape index (κ1) is 14.3. The molecular formula is C17H14BrNOS. The molecule has 0 aliphatic carbocycles. The molecular weight excluding hydrogens is 346 g/mol. The Labute approximate surface area is 135 Å². The van der Waals surface area contributed by atoms with Gasteiger partial charge < -0.3 is 5.32 Å². The molecule has 0 unspecified atom stereocenters. The second kappa shape index (κ2) is 5.62. The van der Waals surface area contributed by atoms with Crippen molar-refractivity contribution in [3.05, 3.63) is 62.9 Å². The summed E-state index contributed by atoms with van der Waals surface area (Å²) in [5.74, 6) is -0.0615. The predicted octanol–water partition coefficient (Wildman–Crippen LogP) is 5.53. The first-order valence-corrected chi connectivity index (χ1v) is 8.28. The van der Waals surface area contributed by atoms with Crippen molar-refractivity contribution in [2.24, 2.45) is 0 Å². The van der Waals surface area contributed by atoms with E-state index in [1.54, 1.807) is 11.3 Å². The summed E-state index contributed by atoms with van der Waals surface area (Å²) in [6.45, 7) is 4.04. The Balaban J connectivity index is 1.93. The lowest BCUT2D eigenvalue weighted by molar-refractivity contribution is 0.102. The number of amides is 1. The van der Waals surface area contributed by atoms with E-state index in [-0.39, 0.29) is 5.91 Å². The average molecular weight is 360 g/mol. The lowest BCUT2D eigenvalue weighted by Crippen LogP contribution is -2.11.